The van der Waals surface area contributed by atoms with Gasteiger partial charge in [-0.3, -0.25) is 4.79 Å². The van der Waals surface area contributed by atoms with E-state index in [-0.39, 0.29) is 12.3 Å². The molecular formula is C14H14N2O4. The van der Waals surface area contributed by atoms with Gasteiger partial charge in [0.1, 0.15) is 5.76 Å². The first-order valence-corrected chi connectivity index (χ1v) is 5.97. The molecule has 0 fully saturated rings. The van der Waals surface area contributed by atoms with Crippen molar-refractivity contribution in [3.8, 4) is 0 Å². The van der Waals surface area contributed by atoms with E-state index in [2.05, 4.69) is 15.0 Å². The van der Waals surface area contributed by atoms with Crippen LogP contribution in [0.5, 0.6) is 0 Å². The number of esters is 1. The first kappa shape index (κ1) is 13.8. The van der Waals surface area contributed by atoms with Gasteiger partial charge >= 0.3 is 5.97 Å². The summed E-state index contributed by atoms with van der Waals surface area (Å²) >= 11 is 0. The summed E-state index contributed by atoms with van der Waals surface area (Å²) in [4.78, 5) is 27.0. The number of carbonyl (C=O) groups is 2. The molecule has 0 aliphatic carbocycles. The first-order valence-electron chi connectivity index (χ1n) is 5.97. The van der Waals surface area contributed by atoms with E-state index in [0.29, 0.717) is 22.7 Å². The standard InChI is InChI=1S/C14H14N2O4/c1-9-12(20-8-15-9)7-13(17)16-11-5-3-10(4-6-11)14(18)19-2/h3-6,8H,7H2,1-2H3,(H,16,17). The molecule has 6 nitrogen and oxygen atoms in total. The highest BCUT2D eigenvalue weighted by Crippen LogP contribution is 2.12. The summed E-state index contributed by atoms with van der Waals surface area (Å²) in [5.74, 6) is -0.0930. The van der Waals surface area contributed by atoms with Crippen molar-refractivity contribution in [2.24, 2.45) is 0 Å². The summed E-state index contributed by atoms with van der Waals surface area (Å²) in [5, 5.41) is 2.71. The number of hydrogen-bond donors (Lipinski definition) is 1. The molecule has 0 aliphatic rings. The quantitative estimate of drug-likeness (QED) is 0.862. The molecule has 20 heavy (non-hydrogen) atoms. The summed E-state index contributed by atoms with van der Waals surface area (Å²) in [7, 11) is 1.32. The smallest absolute Gasteiger partial charge is 0.337 e. The van der Waals surface area contributed by atoms with E-state index in [1.807, 2.05) is 0 Å². The molecule has 1 aromatic carbocycles. The van der Waals surface area contributed by atoms with Crippen molar-refractivity contribution in [2.45, 2.75) is 13.3 Å². The Hall–Kier alpha value is -2.63. The summed E-state index contributed by atoms with van der Waals surface area (Å²) in [6, 6.07) is 6.44. The Bertz CT molecular complexity index is 616. The highest BCUT2D eigenvalue weighted by molar-refractivity contribution is 5.93. The van der Waals surface area contributed by atoms with E-state index in [1.54, 1.807) is 31.2 Å². The van der Waals surface area contributed by atoms with Gasteiger partial charge in [0.2, 0.25) is 5.91 Å². The molecule has 0 atom stereocenters. The number of rotatable bonds is 4. The van der Waals surface area contributed by atoms with Crippen molar-refractivity contribution in [3.63, 3.8) is 0 Å². The maximum absolute atomic E-state index is 11.8. The second kappa shape index (κ2) is 6.01. The zero-order chi connectivity index (χ0) is 14.5. The Balaban J connectivity index is 1.98. The number of nitrogens with one attached hydrogen (secondary N) is 1. The highest BCUT2D eigenvalue weighted by Gasteiger charge is 2.11. The van der Waals surface area contributed by atoms with Crippen LogP contribution in [-0.4, -0.2) is 24.0 Å². The second-order valence-electron chi connectivity index (χ2n) is 4.15. The Kier molecular flexibility index (Phi) is 4.14. The molecule has 0 saturated carbocycles. The average Bonchev–Trinajstić information content (AvgIpc) is 2.84. The normalized spacial score (nSPS) is 10.1. The van der Waals surface area contributed by atoms with Crippen LogP contribution in [0.2, 0.25) is 0 Å². The zero-order valence-corrected chi connectivity index (χ0v) is 11.2. The maximum Gasteiger partial charge on any atom is 0.337 e. The fraction of sp³-hybridized carbons (Fsp3) is 0.214. The van der Waals surface area contributed by atoms with Gasteiger partial charge < -0.3 is 14.5 Å². The summed E-state index contributed by atoms with van der Waals surface area (Å²) in [6.07, 6.45) is 1.42. The maximum atomic E-state index is 11.8. The molecule has 1 heterocycles. The molecule has 0 radical (unpaired) electrons. The fourth-order valence-electron chi connectivity index (χ4n) is 1.65. The van der Waals surface area contributed by atoms with Crippen LogP contribution in [0.1, 0.15) is 21.8 Å². The van der Waals surface area contributed by atoms with Crippen LogP contribution < -0.4 is 5.32 Å². The summed E-state index contributed by atoms with van der Waals surface area (Å²) in [5.41, 5.74) is 1.72. The molecule has 1 amide bonds. The SMILES string of the molecule is COC(=O)c1ccc(NC(=O)Cc2ocnc2C)cc1. The summed E-state index contributed by atoms with van der Waals surface area (Å²) < 4.78 is 9.70. The number of anilines is 1. The second-order valence-corrected chi connectivity index (χ2v) is 4.15. The molecule has 1 aromatic heterocycles. The number of benzene rings is 1. The fourth-order valence-corrected chi connectivity index (χ4v) is 1.65. The zero-order valence-electron chi connectivity index (χ0n) is 11.2. The number of oxazole rings is 1. The van der Waals surface area contributed by atoms with Crippen LogP contribution in [0.15, 0.2) is 35.1 Å². The van der Waals surface area contributed by atoms with E-state index in [0.717, 1.165) is 0 Å². The number of amides is 1. The minimum Gasteiger partial charge on any atom is -0.465 e. The molecular weight excluding hydrogens is 260 g/mol. The number of carbonyl (C=O) groups excluding carboxylic acids is 2. The Morgan fingerprint density at radius 1 is 1.30 bits per heavy atom. The van der Waals surface area contributed by atoms with Gasteiger partial charge in [0.25, 0.3) is 0 Å². The van der Waals surface area contributed by atoms with E-state index in [1.165, 1.54) is 13.5 Å². The first-order chi connectivity index (χ1) is 9.60. The largest absolute Gasteiger partial charge is 0.465 e. The molecule has 6 heteroatoms. The van der Waals surface area contributed by atoms with Crippen molar-refractivity contribution in [3.05, 3.63) is 47.7 Å². The van der Waals surface area contributed by atoms with Crippen molar-refractivity contribution < 1.29 is 18.7 Å². The van der Waals surface area contributed by atoms with Gasteiger partial charge in [-0.25, -0.2) is 9.78 Å². The third kappa shape index (κ3) is 3.23. The van der Waals surface area contributed by atoms with Gasteiger partial charge in [0.15, 0.2) is 6.39 Å². The van der Waals surface area contributed by atoms with Crippen LogP contribution in [0.25, 0.3) is 0 Å². The van der Waals surface area contributed by atoms with Gasteiger partial charge in [-0.05, 0) is 31.2 Å². The lowest BCUT2D eigenvalue weighted by Gasteiger charge is -2.05. The number of hydrogen-bond acceptors (Lipinski definition) is 5. The Morgan fingerprint density at radius 3 is 2.55 bits per heavy atom. The predicted octanol–water partition coefficient (Wildman–Crippen LogP) is 1.95. The van der Waals surface area contributed by atoms with E-state index < -0.39 is 5.97 Å². The number of aromatic nitrogens is 1. The van der Waals surface area contributed by atoms with Crippen molar-refractivity contribution in [1.82, 2.24) is 4.98 Å². The van der Waals surface area contributed by atoms with Crippen molar-refractivity contribution in [1.29, 1.82) is 0 Å². The molecule has 0 aliphatic heterocycles. The molecule has 0 spiro atoms. The lowest BCUT2D eigenvalue weighted by Crippen LogP contribution is -2.14. The van der Waals surface area contributed by atoms with Crippen LogP contribution in [0, 0.1) is 6.92 Å². The van der Waals surface area contributed by atoms with Crippen LogP contribution in [0.3, 0.4) is 0 Å². The van der Waals surface area contributed by atoms with Gasteiger partial charge in [-0.15, -0.1) is 0 Å². The molecule has 0 bridgehead atoms. The molecule has 2 rings (SSSR count). The molecule has 104 valence electrons. The minimum atomic E-state index is -0.417. The van der Waals surface area contributed by atoms with Crippen LogP contribution in [-0.2, 0) is 16.0 Å². The van der Waals surface area contributed by atoms with Crippen LogP contribution >= 0.6 is 0 Å². The number of methoxy groups -OCH3 is 1. The third-order valence-corrected chi connectivity index (χ3v) is 2.76. The topological polar surface area (TPSA) is 81.4 Å². The number of aryl methyl sites for hydroxylation is 1. The van der Waals surface area contributed by atoms with E-state index >= 15 is 0 Å². The molecule has 1 N–H and O–H groups in total. The number of ether oxygens (including phenoxy) is 1. The third-order valence-electron chi connectivity index (χ3n) is 2.76. The monoisotopic (exact) mass is 274 g/mol. The van der Waals surface area contributed by atoms with Crippen LogP contribution in [0.4, 0.5) is 5.69 Å². The lowest BCUT2D eigenvalue weighted by molar-refractivity contribution is -0.115. The highest BCUT2D eigenvalue weighted by atomic mass is 16.5. The van der Waals surface area contributed by atoms with Gasteiger partial charge in [0, 0.05) is 5.69 Å². The predicted molar refractivity (Wildman–Crippen MR) is 71.4 cm³/mol. The van der Waals surface area contributed by atoms with Gasteiger partial charge in [-0.2, -0.15) is 0 Å². The molecule has 0 unspecified atom stereocenters. The molecule has 2 aromatic rings. The van der Waals surface area contributed by atoms with Gasteiger partial charge in [0.05, 0.1) is 24.8 Å². The van der Waals surface area contributed by atoms with E-state index in [9.17, 15) is 9.59 Å². The summed E-state index contributed by atoms with van der Waals surface area (Å²) in [6.45, 7) is 1.78. The number of nitrogens with zero attached hydrogens (tertiary/aromatic N) is 1. The Morgan fingerprint density at radius 2 is 2.00 bits per heavy atom. The van der Waals surface area contributed by atoms with Crippen molar-refractivity contribution in [2.75, 3.05) is 12.4 Å². The lowest BCUT2D eigenvalue weighted by atomic mass is 10.2. The Labute approximate surface area is 115 Å². The average molecular weight is 274 g/mol. The van der Waals surface area contributed by atoms with E-state index in [4.69, 9.17) is 4.42 Å². The molecule has 0 saturated heterocycles. The van der Waals surface area contributed by atoms with Gasteiger partial charge in [-0.1, -0.05) is 0 Å². The minimum absolute atomic E-state index is 0.116. The van der Waals surface area contributed by atoms with Crippen molar-refractivity contribution >= 4 is 17.6 Å².